The SMILES string of the molecule is O=[N+]([O-])c1ccc(Cl)c(Cl)c1.Oc1ccccc1. The number of aromatic hydroxyl groups is 1. The van der Waals surface area contributed by atoms with Crippen LogP contribution in [0.15, 0.2) is 48.5 Å². The largest absolute Gasteiger partial charge is 0.508 e. The fraction of sp³-hybridized carbons (Fsp3) is 0. The summed E-state index contributed by atoms with van der Waals surface area (Å²) in [4.78, 5) is 9.64. The molecule has 0 amide bonds. The van der Waals surface area contributed by atoms with Gasteiger partial charge < -0.3 is 5.11 Å². The summed E-state index contributed by atoms with van der Waals surface area (Å²) in [5.74, 6) is 0.322. The number of nitro benzene ring substituents is 1. The van der Waals surface area contributed by atoms with Crippen LogP contribution in [-0.4, -0.2) is 10.0 Å². The Balaban J connectivity index is 0.000000199. The minimum absolute atomic E-state index is 0.0561. The van der Waals surface area contributed by atoms with E-state index in [1.165, 1.54) is 18.2 Å². The number of phenols is 1. The number of nitrogens with zero attached hydrogens (tertiary/aromatic N) is 1. The molecule has 0 atom stereocenters. The van der Waals surface area contributed by atoms with Gasteiger partial charge >= 0.3 is 0 Å². The number of para-hydroxylation sites is 1. The average Bonchev–Trinajstić information content (AvgIpc) is 2.34. The van der Waals surface area contributed by atoms with Crippen molar-refractivity contribution in [1.29, 1.82) is 0 Å². The van der Waals surface area contributed by atoms with Crippen LogP contribution in [0.2, 0.25) is 10.0 Å². The lowest BCUT2D eigenvalue weighted by molar-refractivity contribution is -0.384. The highest BCUT2D eigenvalue weighted by atomic mass is 35.5. The maximum atomic E-state index is 10.2. The first-order valence-corrected chi connectivity index (χ1v) is 5.59. The topological polar surface area (TPSA) is 63.4 Å². The van der Waals surface area contributed by atoms with Crippen molar-refractivity contribution in [3.63, 3.8) is 0 Å². The van der Waals surface area contributed by atoms with Crippen LogP contribution in [0, 0.1) is 10.1 Å². The third kappa shape index (κ3) is 4.61. The van der Waals surface area contributed by atoms with Crippen molar-refractivity contribution in [3.05, 3.63) is 68.7 Å². The van der Waals surface area contributed by atoms with Gasteiger partial charge in [0.25, 0.3) is 5.69 Å². The summed E-state index contributed by atoms with van der Waals surface area (Å²) in [7, 11) is 0. The van der Waals surface area contributed by atoms with Crippen LogP contribution >= 0.6 is 23.2 Å². The van der Waals surface area contributed by atoms with Gasteiger partial charge in [-0.1, -0.05) is 41.4 Å². The van der Waals surface area contributed by atoms with Gasteiger partial charge in [-0.25, -0.2) is 0 Å². The van der Waals surface area contributed by atoms with Gasteiger partial charge in [0.05, 0.1) is 15.0 Å². The molecule has 2 aromatic rings. The monoisotopic (exact) mass is 285 g/mol. The first kappa shape index (κ1) is 14.3. The number of non-ortho nitro benzene ring substituents is 1. The lowest BCUT2D eigenvalue weighted by Crippen LogP contribution is -1.86. The molecule has 0 saturated heterocycles. The van der Waals surface area contributed by atoms with Crippen molar-refractivity contribution >= 4 is 28.9 Å². The molecule has 0 aliphatic rings. The summed E-state index contributed by atoms with van der Waals surface area (Å²) < 4.78 is 0. The summed E-state index contributed by atoms with van der Waals surface area (Å²) in [6.07, 6.45) is 0. The van der Waals surface area contributed by atoms with Gasteiger partial charge in [-0.15, -0.1) is 0 Å². The molecule has 94 valence electrons. The molecule has 0 bridgehead atoms. The second kappa shape index (κ2) is 6.83. The van der Waals surface area contributed by atoms with Gasteiger partial charge in [0.15, 0.2) is 0 Å². The molecule has 6 heteroatoms. The lowest BCUT2D eigenvalue weighted by Gasteiger charge is -1.93. The summed E-state index contributed by atoms with van der Waals surface area (Å²) in [5, 5.41) is 19.3. The molecular formula is C12H9Cl2NO3. The first-order valence-electron chi connectivity index (χ1n) is 4.84. The molecular weight excluding hydrogens is 277 g/mol. The van der Waals surface area contributed by atoms with Crippen molar-refractivity contribution in [1.82, 2.24) is 0 Å². The van der Waals surface area contributed by atoms with E-state index in [-0.39, 0.29) is 10.7 Å². The smallest absolute Gasteiger partial charge is 0.271 e. The Bertz CT molecular complexity index is 532. The van der Waals surface area contributed by atoms with Crippen molar-refractivity contribution in [3.8, 4) is 5.75 Å². The van der Waals surface area contributed by atoms with Gasteiger partial charge in [-0.2, -0.15) is 0 Å². The summed E-state index contributed by atoms with van der Waals surface area (Å²) in [6, 6.07) is 12.6. The number of rotatable bonds is 1. The minimum Gasteiger partial charge on any atom is -0.508 e. The van der Waals surface area contributed by atoms with E-state index in [1.807, 2.05) is 6.07 Å². The minimum atomic E-state index is -0.526. The van der Waals surface area contributed by atoms with E-state index in [0.29, 0.717) is 10.8 Å². The molecule has 0 radical (unpaired) electrons. The Morgan fingerprint density at radius 2 is 1.61 bits per heavy atom. The number of halogens is 2. The van der Waals surface area contributed by atoms with Crippen LogP contribution in [0.3, 0.4) is 0 Å². The Morgan fingerprint density at radius 1 is 1.00 bits per heavy atom. The third-order valence-corrected chi connectivity index (χ3v) is 2.61. The highest BCUT2D eigenvalue weighted by Gasteiger charge is 2.06. The Kier molecular flexibility index (Phi) is 5.42. The molecule has 0 heterocycles. The van der Waals surface area contributed by atoms with Gasteiger partial charge in [0.2, 0.25) is 0 Å². The Hall–Kier alpha value is -1.78. The third-order valence-electron chi connectivity index (χ3n) is 1.87. The lowest BCUT2D eigenvalue weighted by atomic mass is 10.3. The summed E-state index contributed by atoms with van der Waals surface area (Å²) in [5.41, 5.74) is -0.0561. The zero-order chi connectivity index (χ0) is 13.5. The highest BCUT2D eigenvalue weighted by Crippen LogP contribution is 2.25. The van der Waals surface area contributed by atoms with Crippen molar-refractivity contribution in [2.45, 2.75) is 0 Å². The fourth-order valence-corrected chi connectivity index (χ4v) is 1.32. The molecule has 1 N–H and O–H groups in total. The van der Waals surface area contributed by atoms with E-state index < -0.39 is 4.92 Å². The maximum absolute atomic E-state index is 10.2. The molecule has 0 aromatic heterocycles. The summed E-state index contributed by atoms with van der Waals surface area (Å²) in [6.45, 7) is 0. The Morgan fingerprint density at radius 3 is 2.00 bits per heavy atom. The van der Waals surface area contributed by atoms with Crippen LogP contribution in [0.4, 0.5) is 5.69 Å². The fourth-order valence-electron chi connectivity index (χ4n) is 1.03. The highest BCUT2D eigenvalue weighted by molar-refractivity contribution is 6.42. The molecule has 4 nitrogen and oxygen atoms in total. The van der Waals surface area contributed by atoms with Crippen LogP contribution in [-0.2, 0) is 0 Å². The zero-order valence-electron chi connectivity index (χ0n) is 9.09. The van der Waals surface area contributed by atoms with E-state index in [1.54, 1.807) is 24.3 Å². The number of nitro groups is 1. The maximum Gasteiger partial charge on any atom is 0.271 e. The second-order valence-electron chi connectivity index (χ2n) is 3.19. The molecule has 0 aliphatic carbocycles. The molecule has 2 aromatic carbocycles. The van der Waals surface area contributed by atoms with E-state index in [4.69, 9.17) is 28.3 Å². The van der Waals surface area contributed by atoms with E-state index >= 15 is 0 Å². The number of phenolic OH excluding ortho intramolecular Hbond substituents is 1. The number of benzene rings is 2. The standard InChI is InChI=1S/C6H3Cl2NO2.C6H6O/c7-5-2-1-4(9(10)11)3-6(5)8;7-6-4-2-1-3-5-6/h1-3H;1-5,7H. The normalized spacial score (nSPS) is 9.22. The van der Waals surface area contributed by atoms with Crippen LogP contribution in [0.5, 0.6) is 5.75 Å². The molecule has 0 unspecified atom stereocenters. The number of hydrogen-bond donors (Lipinski definition) is 1. The van der Waals surface area contributed by atoms with Crippen molar-refractivity contribution in [2.75, 3.05) is 0 Å². The molecule has 0 saturated carbocycles. The van der Waals surface area contributed by atoms with Gasteiger partial charge in [-0.3, -0.25) is 10.1 Å². The van der Waals surface area contributed by atoms with Crippen molar-refractivity contribution in [2.24, 2.45) is 0 Å². The van der Waals surface area contributed by atoms with E-state index in [0.717, 1.165) is 0 Å². The predicted octanol–water partition coefficient (Wildman–Crippen LogP) is 4.29. The summed E-state index contributed by atoms with van der Waals surface area (Å²) >= 11 is 11.1. The van der Waals surface area contributed by atoms with Crippen LogP contribution < -0.4 is 0 Å². The molecule has 2 rings (SSSR count). The molecule has 0 aliphatic heterocycles. The van der Waals surface area contributed by atoms with E-state index in [2.05, 4.69) is 0 Å². The van der Waals surface area contributed by atoms with Crippen LogP contribution in [0.25, 0.3) is 0 Å². The molecule has 18 heavy (non-hydrogen) atoms. The van der Waals surface area contributed by atoms with E-state index in [9.17, 15) is 10.1 Å². The second-order valence-corrected chi connectivity index (χ2v) is 4.01. The van der Waals surface area contributed by atoms with Gasteiger partial charge in [0.1, 0.15) is 5.75 Å². The molecule has 0 spiro atoms. The molecule has 0 fully saturated rings. The predicted molar refractivity (Wildman–Crippen MR) is 71.2 cm³/mol. The number of hydrogen-bond acceptors (Lipinski definition) is 3. The average molecular weight is 286 g/mol. The van der Waals surface area contributed by atoms with Crippen molar-refractivity contribution < 1.29 is 10.0 Å². The van der Waals surface area contributed by atoms with Gasteiger partial charge in [-0.05, 0) is 18.2 Å². The zero-order valence-corrected chi connectivity index (χ0v) is 10.6. The van der Waals surface area contributed by atoms with Crippen LogP contribution in [0.1, 0.15) is 0 Å². The van der Waals surface area contributed by atoms with Gasteiger partial charge in [0, 0.05) is 12.1 Å². The first-order chi connectivity index (χ1) is 8.50. The Labute approximate surface area is 114 Å². The quantitative estimate of drug-likeness (QED) is 0.628.